The van der Waals surface area contributed by atoms with Crippen LogP contribution < -0.4 is 5.32 Å². The van der Waals surface area contributed by atoms with Crippen molar-refractivity contribution in [3.8, 4) is 0 Å². The minimum atomic E-state index is 0.787. The van der Waals surface area contributed by atoms with E-state index in [0.717, 1.165) is 28.5 Å². The van der Waals surface area contributed by atoms with Crippen LogP contribution in [-0.2, 0) is 6.54 Å². The fraction of sp³-hybridized carbons (Fsp3) is 0.600. The maximum absolute atomic E-state index is 6.02. The van der Waals surface area contributed by atoms with E-state index in [9.17, 15) is 0 Å². The van der Waals surface area contributed by atoms with Crippen LogP contribution in [0.4, 0.5) is 0 Å². The summed E-state index contributed by atoms with van der Waals surface area (Å²) in [4.78, 5) is 2.55. The van der Waals surface area contributed by atoms with Crippen molar-refractivity contribution in [2.24, 2.45) is 5.92 Å². The molecule has 0 amide bonds. The van der Waals surface area contributed by atoms with Gasteiger partial charge in [-0.1, -0.05) is 17.7 Å². The lowest BCUT2D eigenvalue weighted by Crippen LogP contribution is -2.34. The van der Waals surface area contributed by atoms with Gasteiger partial charge in [-0.25, -0.2) is 0 Å². The Bertz CT molecular complexity index is 403. The third-order valence-corrected chi connectivity index (χ3v) is 5.11. The molecule has 0 aliphatic carbocycles. The lowest BCUT2D eigenvalue weighted by atomic mass is 9.93. The van der Waals surface area contributed by atoms with Crippen LogP contribution in [0.3, 0.4) is 0 Å². The van der Waals surface area contributed by atoms with Gasteiger partial charge in [-0.3, -0.25) is 4.90 Å². The minimum Gasteiger partial charge on any atom is -0.320 e. The van der Waals surface area contributed by atoms with Crippen LogP contribution in [0.2, 0.25) is 5.02 Å². The minimum absolute atomic E-state index is 0.787. The molecule has 4 heteroatoms. The van der Waals surface area contributed by atoms with Gasteiger partial charge in [-0.05, 0) is 85.5 Å². The molecule has 1 N–H and O–H groups in total. The van der Waals surface area contributed by atoms with E-state index in [1.165, 1.54) is 37.9 Å². The molecule has 0 atom stereocenters. The number of hydrogen-bond acceptors (Lipinski definition) is 2. The average molecular weight is 346 g/mol. The lowest BCUT2D eigenvalue weighted by Gasteiger charge is -2.32. The molecule has 2 nitrogen and oxygen atoms in total. The maximum Gasteiger partial charge on any atom is 0.0548 e. The number of halogens is 2. The quantitative estimate of drug-likeness (QED) is 0.870. The van der Waals surface area contributed by atoms with E-state index in [0.29, 0.717) is 0 Å². The zero-order valence-corrected chi connectivity index (χ0v) is 13.8. The second kappa shape index (κ2) is 7.63. The summed E-state index contributed by atoms with van der Waals surface area (Å²) in [6, 6.07) is 6.23. The molecule has 0 unspecified atom stereocenters. The van der Waals surface area contributed by atoms with Gasteiger partial charge < -0.3 is 5.32 Å². The van der Waals surface area contributed by atoms with Crippen molar-refractivity contribution in [3.05, 3.63) is 33.3 Å². The van der Waals surface area contributed by atoms with E-state index < -0.39 is 0 Å². The van der Waals surface area contributed by atoms with E-state index >= 15 is 0 Å². The van der Waals surface area contributed by atoms with Crippen LogP contribution in [0.15, 0.2) is 22.7 Å². The van der Waals surface area contributed by atoms with Crippen LogP contribution in [0.5, 0.6) is 0 Å². The van der Waals surface area contributed by atoms with Gasteiger partial charge in [-0.15, -0.1) is 0 Å². The predicted octanol–water partition coefficient (Wildman–Crippen LogP) is 3.92. The monoisotopic (exact) mass is 344 g/mol. The van der Waals surface area contributed by atoms with Gasteiger partial charge in [0.15, 0.2) is 0 Å². The molecule has 0 aromatic heterocycles. The summed E-state index contributed by atoms with van der Waals surface area (Å²) in [6.07, 6.45) is 3.98. The molecule has 1 aliphatic heterocycles. The normalized spacial score (nSPS) is 17.8. The summed E-state index contributed by atoms with van der Waals surface area (Å²) in [5.41, 5.74) is 1.34. The molecule has 0 spiro atoms. The van der Waals surface area contributed by atoms with Crippen LogP contribution >= 0.6 is 27.5 Å². The highest BCUT2D eigenvalue weighted by molar-refractivity contribution is 9.10. The van der Waals surface area contributed by atoms with Crippen molar-refractivity contribution >= 4 is 27.5 Å². The first-order valence-electron chi connectivity index (χ1n) is 7.00. The number of rotatable bonds is 5. The molecule has 1 fully saturated rings. The molecule has 1 aromatic rings. The van der Waals surface area contributed by atoms with Crippen molar-refractivity contribution < 1.29 is 0 Å². The Balaban J connectivity index is 1.80. The third kappa shape index (κ3) is 4.75. The number of likely N-dealkylation sites (tertiary alicyclic amines) is 1. The molecular weight excluding hydrogens is 324 g/mol. The van der Waals surface area contributed by atoms with Gasteiger partial charge in [0, 0.05) is 11.0 Å². The Morgan fingerprint density at radius 2 is 2.11 bits per heavy atom. The molecular formula is C15H22BrClN2. The summed E-state index contributed by atoms with van der Waals surface area (Å²) >= 11 is 9.52. The van der Waals surface area contributed by atoms with Crippen molar-refractivity contribution in [1.82, 2.24) is 10.2 Å². The standard InChI is InChI=1S/C15H22BrClN2/c1-18-7-4-12-5-8-19(9-6-12)11-13-2-3-15(17)14(16)10-13/h2-3,10,12,18H,4-9,11H2,1H3. The Morgan fingerprint density at radius 3 is 2.74 bits per heavy atom. The maximum atomic E-state index is 6.02. The van der Waals surface area contributed by atoms with Crippen LogP contribution in [0, 0.1) is 5.92 Å². The van der Waals surface area contributed by atoms with Gasteiger partial charge >= 0.3 is 0 Å². The van der Waals surface area contributed by atoms with E-state index in [4.69, 9.17) is 11.6 Å². The number of piperidine rings is 1. The van der Waals surface area contributed by atoms with Crippen LogP contribution in [0.25, 0.3) is 0 Å². The summed E-state index contributed by atoms with van der Waals surface area (Å²) in [7, 11) is 2.04. The molecule has 19 heavy (non-hydrogen) atoms. The van der Waals surface area contributed by atoms with Crippen molar-refractivity contribution in [1.29, 1.82) is 0 Å². The smallest absolute Gasteiger partial charge is 0.0548 e. The average Bonchev–Trinajstić information content (AvgIpc) is 2.42. The topological polar surface area (TPSA) is 15.3 Å². The molecule has 106 valence electrons. The Labute approximate surface area is 129 Å². The Kier molecular flexibility index (Phi) is 6.14. The third-order valence-electron chi connectivity index (χ3n) is 3.90. The predicted molar refractivity (Wildman–Crippen MR) is 85.7 cm³/mol. The Hall–Kier alpha value is -0.0900. The second-order valence-electron chi connectivity index (χ2n) is 5.36. The van der Waals surface area contributed by atoms with E-state index in [1.54, 1.807) is 0 Å². The fourth-order valence-electron chi connectivity index (χ4n) is 2.68. The molecule has 1 aliphatic rings. The number of hydrogen-bond donors (Lipinski definition) is 1. The Morgan fingerprint density at radius 1 is 1.37 bits per heavy atom. The van der Waals surface area contributed by atoms with Crippen molar-refractivity contribution in [2.75, 3.05) is 26.7 Å². The first kappa shape index (κ1) is 15.3. The molecule has 1 saturated heterocycles. The van der Waals surface area contributed by atoms with E-state index in [2.05, 4.69) is 38.3 Å². The number of nitrogens with one attached hydrogen (secondary N) is 1. The summed E-state index contributed by atoms with van der Waals surface area (Å²) in [6.45, 7) is 4.62. The molecule has 0 saturated carbocycles. The highest BCUT2D eigenvalue weighted by Crippen LogP contribution is 2.25. The second-order valence-corrected chi connectivity index (χ2v) is 6.62. The van der Waals surface area contributed by atoms with Gasteiger partial charge in [-0.2, -0.15) is 0 Å². The van der Waals surface area contributed by atoms with E-state index in [-0.39, 0.29) is 0 Å². The number of benzene rings is 1. The van der Waals surface area contributed by atoms with Crippen LogP contribution in [0.1, 0.15) is 24.8 Å². The highest BCUT2D eigenvalue weighted by atomic mass is 79.9. The van der Waals surface area contributed by atoms with Gasteiger partial charge in [0.2, 0.25) is 0 Å². The summed E-state index contributed by atoms with van der Waals surface area (Å²) < 4.78 is 0.996. The lowest BCUT2D eigenvalue weighted by molar-refractivity contribution is 0.172. The zero-order chi connectivity index (χ0) is 13.7. The molecule has 2 rings (SSSR count). The van der Waals surface area contributed by atoms with Crippen molar-refractivity contribution in [2.45, 2.75) is 25.8 Å². The molecule has 0 radical (unpaired) electrons. The van der Waals surface area contributed by atoms with Crippen LogP contribution in [-0.4, -0.2) is 31.6 Å². The van der Waals surface area contributed by atoms with Gasteiger partial charge in [0.05, 0.1) is 5.02 Å². The SMILES string of the molecule is CNCCC1CCN(Cc2ccc(Cl)c(Br)c2)CC1. The van der Waals surface area contributed by atoms with Crippen molar-refractivity contribution in [3.63, 3.8) is 0 Å². The highest BCUT2D eigenvalue weighted by Gasteiger charge is 2.18. The first-order valence-corrected chi connectivity index (χ1v) is 8.17. The molecule has 0 bridgehead atoms. The first-order chi connectivity index (χ1) is 9.19. The summed E-state index contributed by atoms with van der Waals surface area (Å²) in [5, 5.41) is 4.03. The molecule has 1 heterocycles. The summed E-state index contributed by atoms with van der Waals surface area (Å²) in [5.74, 6) is 0.903. The van der Waals surface area contributed by atoms with E-state index in [1.807, 2.05) is 13.1 Å². The van der Waals surface area contributed by atoms with Gasteiger partial charge in [0.25, 0.3) is 0 Å². The fourth-order valence-corrected chi connectivity index (χ4v) is 3.22. The molecule has 1 aromatic carbocycles. The number of nitrogens with zero attached hydrogens (tertiary/aromatic N) is 1. The zero-order valence-electron chi connectivity index (χ0n) is 11.5. The van der Waals surface area contributed by atoms with Gasteiger partial charge in [0.1, 0.15) is 0 Å². The largest absolute Gasteiger partial charge is 0.320 e.